The predicted molar refractivity (Wildman–Crippen MR) is 76.1 cm³/mol. The van der Waals surface area contributed by atoms with Crippen molar-refractivity contribution >= 4 is 27.7 Å². The molecular weight excluding hydrogens is 302 g/mol. The maximum atomic E-state index is 11.5. The van der Waals surface area contributed by atoms with Crippen LogP contribution in [0, 0.1) is 5.92 Å². The molecule has 0 amide bonds. The first-order chi connectivity index (χ1) is 8.22. The number of hydrogen-bond acceptors (Lipinski definition) is 3. The summed E-state index contributed by atoms with van der Waals surface area (Å²) >= 11 is 5.21. The number of thioether (sulfide) groups is 1. The van der Waals surface area contributed by atoms with Crippen molar-refractivity contribution in [3.05, 3.63) is 10.5 Å². The smallest absolute Gasteiger partial charge is 0.270 e. The van der Waals surface area contributed by atoms with Crippen LogP contribution in [0.4, 0.5) is 0 Å². The van der Waals surface area contributed by atoms with Crippen LogP contribution >= 0.6 is 27.7 Å². The van der Waals surface area contributed by atoms with Gasteiger partial charge in [-0.25, -0.2) is 9.89 Å². The SMILES string of the molecule is CCCC(CBr)CSc1n[nH]c(=O)n1CCC. The van der Waals surface area contributed by atoms with Crippen LogP contribution in [0.25, 0.3) is 0 Å². The zero-order valence-corrected chi connectivity index (χ0v) is 12.8. The van der Waals surface area contributed by atoms with Gasteiger partial charge in [0, 0.05) is 17.6 Å². The standard InChI is InChI=1S/C11H20BrN3OS/c1-3-5-9(7-12)8-17-11-14-13-10(16)15(11)6-4-2/h9H,3-8H2,1-2H3,(H,13,16). The van der Waals surface area contributed by atoms with E-state index in [0.717, 1.165) is 29.2 Å². The second kappa shape index (κ2) is 7.97. The molecule has 1 aromatic heterocycles. The van der Waals surface area contributed by atoms with Crippen LogP contribution in [-0.4, -0.2) is 25.8 Å². The van der Waals surface area contributed by atoms with Crippen molar-refractivity contribution in [3.8, 4) is 0 Å². The van der Waals surface area contributed by atoms with Crippen molar-refractivity contribution in [1.29, 1.82) is 0 Å². The van der Waals surface area contributed by atoms with Gasteiger partial charge in [-0.1, -0.05) is 48.0 Å². The van der Waals surface area contributed by atoms with Gasteiger partial charge < -0.3 is 0 Å². The van der Waals surface area contributed by atoms with Gasteiger partial charge in [0.05, 0.1) is 0 Å². The number of aromatic nitrogens is 3. The van der Waals surface area contributed by atoms with Crippen molar-refractivity contribution in [3.63, 3.8) is 0 Å². The lowest BCUT2D eigenvalue weighted by Gasteiger charge is -2.11. The largest absolute Gasteiger partial charge is 0.343 e. The summed E-state index contributed by atoms with van der Waals surface area (Å²) in [4.78, 5) is 11.5. The Hall–Kier alpha value is -0.230. The molecule has 0 fully saturated rings. The molecule has 1 aromatic rings. The van der Waals surface area contributed by atoms with Crippen molar-refractivity contribution < 1.29 is 0 Å². The number of rotatable bonds is 8. The molecule has 0 saturated heterocycles. The molecule has 98 valence electrons. The molecule has 0 aliphatic carbocycles. The van der Waals surface area contributed by atoms with Crippen LogP contribution in [-0.2, 0) is 6.54 Å². The number of aromatic amines is 1. The van der Waals surface area contributed by atoms with Crippen LogP contribution in [0.15, 0.2) is 9.95 Å². The lowest BCUT2D eigenvalue weighted by molar-refractivity contribution is 0.587. The summed E-state index contributed by atoms with van der Waals surface area (Å²) in [6.07, 6.45) is 3.35. The van der Waals surface area contributed by atoms with Gasteiger partial charge in [0.25, 0.3) is 0 Å². The Morgan fingerprint density at radius 3 is 2.82 bits per heavy atom. The van der Waals surface area contributed by atoms with Crippen molar-refractivity contribution in [2.75, 3.05) is 11.1 Å². The van der Waals surface area contributed by atoms with E-state index < -0.39 is 0 Å². The van der Waals surface area contributed by atoms with E-state index in [1.54, 1.807) is 16.3 Å². The number of H-pyrrole nitrogens is 1. The zero-order chi connectivity index (χ0) is 12.7. The highest BCUT2D eigenvalue weighted by molar-refractivity contribution is 9.09. The molecule has 0 bridgehead atoms. The van der Waals surface area contributed by atoms with Gasteiger partial charge in [0.15, 0.2) is 5.16 Å². The summed E-state index contributed by atoms with van der Waals surface area (Å²) in [7, 11) is 0. The predicted octanol–water partition coefficient (Wildman–Crippen LogP) is 2.88. The summed E-state index contributed by atoms with van der Waals surface area (Å²) < 4.78 is 1.72. The van der Waals surface area contributed by atoms with E-state index in [0.29, 0.717) is 5.92 Å². The summed E-state index contributed by atoms with van der Waals surface area (Å²) in [6.45, 7) is 5.00. The number of nitrogens with one attached hydrogen (secondary N) is 1. The third-order valence-corrected chi connectivity index (χ3v) is 4.66. The average molecular weight is 322 g/mol. The minimum atomic E-state index is -0.0970. The average Bonchev–Trinajstić information content (AvgIpc) is 2.67. The quantitative estimate of drug-likeness (QED) is 0.591. The van der Waals surface area contributed by atoms with E-state index >= 15 is 0 Å². The molecule has 1 heterocycles. The van der Waals surface area contributed by atoms with Gasteiger partial charge in [0.2, 0.25) is 0 Å². The Bertz CT molecular complexity index is 377. The van der Waals surface area contributed by atoms with Crippen molar-refractivity contribution in [2.24, 2.45) is 5.92 Å². The maximum absolute atomic E-state index is 11.5. The molecule has 0 saturated carbocycles. The van der Waals surface area contributed by atoms with Gasteiger partial charge in [-0.2, -0.15) is 0 Å². The van der Waals surface area contributed by atoms with Crippen LogP contribution in [0.2, 0.25) is 0 Å². The fourth-order valence-electron chi connectivity index (χ4n) is 1.64. The summed E-state index contributed by atoms with van der Waals surface area (Å²) in [5.74, 6) is 1.65. The molecule has 4 nitrogen and oxygen atoms in total. The van der Waals surface area contributed by atoms with E-state index in [-0.39, 0.29) is 5.69 Å². The third kappa shape index (κ3) is 4.50. The van der Waals surface area contributed by atoms with E-state index in [4.69, 9.17) is 0 Å². The Balaban J connectivity index is 2.58. The minimum Gasteiger partial charge on any atom is -0.270 e. The van der Waals surface area contributed by atoms with Gasteiger partial charge in [-0.05, 0) is 18.8 Å². The van der Waals surface area contributed by atoms with E-state index in [9.17, 15) is 4.79 Å². The first kappa shape index (κ1) is 14.8. The molecule has 1 atom stereocenters. The summed E-state index contributed by atoms with van der Waals surface area (Å²) in [5, 5.41) is 8.42. The fourth-order valence-corrected chi connectivity index (χ4v) is 3.61. The first-order valence-electron chi connectivity index (χ1n) is 6.06. The summed E-state index contributed by atoms with van der Waals surface area (Å²) in [5.41, 5.74) is -0.0970. The lowest BCUT2D eigenvalue weighted by Crippen LogP contribution is -2.17. The molecule has 1 rings (SSSR count). The second-order valence-corrected chi connectivity index (χ2v) is 5.72. The Kier molecular flexibility index (Phi) is 6.96. The Labute approximate surface area is 115 Å². The lowest BCUT2D eigenvalue weighted by atomic mass is 10.1. The molecule has 0 aliphatic heterocycles. The third-order valence-electron chi connectivity index (χ3n) is 2.53. The highest BCUT2D eigenvalue weighted by Gasteiger charge is 2.12. The first-order valence-corrected chi connectivity index (χ1v) is 8.17. The van der Waals surface area contributed by atoms with Gasteiger partial charge in [-0.15, -0.1) is 5.10 Å². The van der Waals surface area contributed by atoms with Crippen LogP contribution in [0.3, 0.4) is 0 Å². The number of alkyl halides is 1. The second-order valence-electron chi connectivity index (χ2n) is 4.08. The number of halogens is 1. The normalized spacial score (nSPS) is 12.9. The Morgan fingerprint density at radius 2 is 2.24 bits per heavy atom. The monoisotopic (exact) mass is 321 g/mol. The minimum absolute atomic E-state index is 0.0970. The molecule has 0 aromatic carbocycles. The molecule has 0 aliphatic rings. The van der Waals surface area contributed by atoms with Gasteiger partial charge in [-0.3, -0.25) is 4.57 Å². The summed E-state index contributed by atoms with van der Waals surface area (Å²) in [6, 6.07) is 0. The van der Waals surface area contributed by atoms with E-state index in [1.807, 2.05) is 0 Å². The van der Waals surface area contributed by atoms with Crippen LogP contribution in [0.1, 0.15) is 33.1 Å². The number of nitrogens with zero attached hydrogens (tertiary/aromatic N) is 2. The molecular formula is C11H20BrN3OS. The highest BCUT2D eigenvalue weighted by atomic mass is 79.9. The van der Waals surface area contributed by atoms with Gasteiger partial charge in [0.1, 0.15) is 0 Å². The topological polar surface area (TPSA) is 50.7 Å². The van der Waals surface area contributed by atoms with Crippen LogP contribution in [0.5, 0.6) is 0 Å². The van der Waals surface area contributed by atoms with Gasteiger partial charge >= 0.3 is 5.69 Å². The molecule has 1 N–H and O–H groups in total. The highest BCUT2D eigenvalue weighted by Crippen LogP contribution is 2.21. The molecule has 6 heteroatoms. The molecule has 17 heavy (non-hydrogen) atoms. The zero-order valence-electron chi connectivity index (χ0n) is 10.4. The van der Waals surface area contributed by atoms with E-state index in [2.05, 4.69) is 40.0 Å². The van der Waals surface area contributed by atoms with Crippen LogP contribution < -0.4 is 5.69 Å². The molecule has 0 radical (unpaired) electrons. The molecule has 1 unspecified atom stereocenters. The fraction of sp³-hybridized carbons (Fsp3) is 0.818. The molecule has 0 spiro atoms. The van der Waals surface area contributed by atoms with Crippen molar-refractivity contribution in [2.45, 2.75) is 44.8 Å². The van der Waals surface area contributed by atoms with Crippen molar-refractivity contribution in [1.82, 2.24) is 14.8 Å². The Morgan fingerprint density at radius 1 is 1.47 bits per heavy atom. The maximum Gasteiger partial charge on any atom is 0.343 e. The van der Waals surface area contributed by atoms with E-state index in [1.165, 1.54) is 12.8 Å². The number of hydrogen-bond donors (Lipinski definition) is 1.